The number of aryl methyl sites for hydroxylation is 1. The van der Waals surface area contributed by atoms with Gasteiger partial charge in [0.25, 0.3) is 0 Å². The molecule has 41 heavy (non-hydrogen) atoms. The van der Waals surface area contributed by atoms with Gasteiger partial charge in [0.15, 0.2) is 0 Å². The summed E-state index contributed by atoms with van der Waals surface area (Å²) in [6, 6.07) is 14.5. The van der Waals surface area contributed by atoms with Gasteiger partial charge in [-0.25, -0.2) is 23.4 Å². The van der Waals surface area contributed by atoms with Gasteiger partial charge in [0.05, 0.1) is 4.90 Å². The molecule has 4 aromatic rings. The molecule has 2 heterocycles. The molecular weight excluding hydrogens is 573 g/mol. The fourth-order valence-corrected chi connectivity index (χ4v) is 4.83. The minimum atomic E-state index is -4.06. The van der Waals surface area contributed by atoms with E-state index in [-0.39, 0.29) is 76.3 Å². The van der Waals surface area contributed by atoms with Crippen molar-refractivity contribution < 1.29 is 52.9 Å². The number of hydrogen-bond donors (Lipinski definition) is 0. The summed E-state index contributed by atoms with van der Waals surface area (Å²) in [7, 11) is -4.06. The summed E-state index contributed by atoms with van der Waals surface area (Å²) in [5.74, 6) is 0.175. The van der Waals surface area contributed by atoms with Crippen LogP contribution in [-0.2, 0) is 15.4 Å². The number of thioether (sulfide) groups is 1. The van der Waals surface area contributed by atoms with Gasteiger partial charge in [0.2, 0.25) is 15.9 Å². The van der Waals surface area contributed by atoms with E-state index >= 15 is 0 Å². The van der Waals surface area contributed by atoms with Crippen molar-refractivity contribution in [2.75, 3.05) is 19.5 Å². The van der Waals surface area contributed by atoms with Gasteiger partial charge in [0, 0.05) is 29.2 Å². The molecule has 0 unspecified atom stereocenters. The molecule has 0 fully saturated rings. The normalized spacial score (nSPS) is 11.1. The number of rotatable bonds is 10. The second kappa shape index (κ2) is 14.9. The minimum Gasteiger partial charge on any atom is -0.474 e. The molecule has 4 rings (SSSR count). The number of sulfonamides is 1. The van der Waals surface area contributed by atoms with Crippen molar-refractivity contribution in [2.24, 2.45) is 0 Å². The van der Waals surface area contributed by atoms with Crippen LogP contribution in [0.5, 0.6) is 11.9 Å². The van der Waals surface area contributed by atoms with Crippen molar-refractivity contribution >= 4 is 27.6 Å². The molecule has 0 aliphatic carbocycles. The Labute approximate surface area is 267 Å². The summed E-state index contributed by atoms with van der Waals surface area (Å²) in [5.41, 5.74) is 3.00. The maximum Gasteiger partial charge on any atom is 1.00 e. The Morgan fingerprint density at radius 2 is 1.49 bits per heavy atom. The average Bonchev–Trinajstić information content (AvgIpc) is 2.91. The fraction of sp³-hybridized carbons (Fsp3) is 0.286. The van der Waals surface area contributed by atoms with Gasteiger partial charge in [-0.2, -0.15) is 0 Å². The third kappa shape index (κ3) is 9.12. The Hall–Kier alpha value is -2.74. The first-order valence-corrected chi connectivity index (χ1v) is 14.9. The molecule has 0 amide bonds. The van der Waals surface area contributed by atoms with E-state index in [9.17, 15) is 8.42 Å². The molecule has 212 valence electrons. The first-order valence-electron chi connectivity index (χ1n) is 12.2. The maximum absolute atomic E-state index is 13.3. The van der Waals surface area contributed by atoms with Gasteiger partial charge >= 0.3 is 35.6 Å². The number of hydrogen-bond acceptors (Lipinski definition) is 9. The van der Waals surface area contributed by atoms with Crippen LogP contribution in [0.1, 0.15) is 31.9 Å². The molecule has 2 aromatic carbocycles. The second-order valence-corrected chi connectivity index (χ2v) is 12.2. The monoisotopic (exact) mass is 605 g/mol. The molecule has 0 radical (unpaired) electrons. The van der Waals surface area contributed by atoms with E-state index in [1.165, 1.54) is 18.1 Å². The molecule has 2 aromatic heterocycles. The van der Waals surface area contributed by atoms with Gasteiger partial charge in [-0.15, -0.1) is 11.8 Å². The number of aromatic nitrogens is 4. The first kappa shape index (κ1) is 34.5. The molecule has 0 saturated heterocycles. The van der Waals surface area contributed by atoms with E-state index in [0.29, 0.717) is 11.1 Å². The van der Waals surface area contributed by atoms with Gasteiger partial charge in [-0.1, -0.05) is 62.7 Å². The van der Waals surface area contributed by atoms with E-state index in [1.54, 1.807) is 36.7 Å². The molecule has 0 spiro atoms. The zero-order valence-electron chi connectivity index (χ0n) is 24.0. The van der Waals surface area contributed by atoms with Gasteiger partial charge < -0.3 is 24.7 Å². The van der Waals surface area contributed by atoms with Crippen molar-refractivity contribution in [3.05, 3.63) is 83.1 Å². The third-order valence-electron chi connectivity index (χ3n) is 5.75. The van der Waals surface area contributed by atoms with E-state index < -0.39 is 10.0 Å². The van der Waals surface area contributed by atoms with E-state index in [1.807, 2.05) is 37.4 Å². The average molecular weight is 606 g/mol. The standard InChI is InChI=1S/C28H30N5O4S2.Na.H2O/c1-19-6-8-20(9-7-19)24-25(33-39(34,35)23-12-10-21(11-13-23)28(2,3)4)31-18-32-26(24)36-14-15-37-27-29-16-22(38-5)17-30-27;;/h6-13,16-18H,14-15H2,1-5H3;;1H2/q-1;+1;. The van der Waals surface area contributed by atoms with Crippen LogP contribution in [0.25, 0.3) is 15.8 Å². The summed E-state index contributed by atoms with van der Waals surface area (Å²) in [4.78, 5) is 17.8. The summed E-state index contributed by atoms with van der Waals surface area (Å²) >= 11 is 1.54. The molecule has 2 N–H and O–H groups in total. The summed E-state index contributed by atoms with van der Waals surface area (Å²) in [6.07, 6.45) is 6.53. The smallest absolute Gasteiger partial charge is 0.474 e. The van der Waals surface area contributed by atoms with Gasteiger partial charge in [0.1, 0.15) is 13.2 Å². The van der Waals surface area contributed by atoms with E-state index in [4.69, 9.17) is 9.47 Å². The van der Waals surface area contributed by atoms with Crippen LogP contribution in [0.3, 0.4) is 0 Å². The predicted molar refractivity (Wildman–Crippen MR) is 156 cm³/mol. The Morgan fingerprint density at radius 1 is 0.878 bits per heavy atom. The third-order valence-corrected chi connectivity index (χ3v) is 7.71. The number of benzene rings is 2. The Kier molecular flexibility index (Phi) is 12.6. The fourth-order valence-electron chi connectivity index (χ4n) is 3.56. The quantitative estimate of drug-likeness (QED) is 0.151. The zero-order chi connectivity index (χ0) is 28.0. The molecule has 0 aliphatic rings. The van der Waals surface area contributed by atoms with Gasteiger partial charge in [-0.3, -0.25) is 0 Å². The van der Waals surface area contributed by atoms with Crippen molar-refractivity contribution in [3.8, 4) is 23.0 Å². The number of ether oxygens (including phenoxy) is 2. The van der Waals surface area contributed by atoms with Crippen molar-refractivity contribution in [1.29, 1.82) is 0 Å². The molecule has 0 atom stereocenters. The molecule has 13 heteroatoms. The Bertz CT molecular complexity index is 1510. The molecular formula is C28H32N5NaO5S2. The van der Waals surface area contributed by atoms with Crippen LogP contribution in [0.2, 0.25) is 0 Å². The van der Waals surface area contributed by atoms with Crippen molar-refractivity contribution in [2.45, 2.75) is 42.9 Å². The summed E-state index contributed by atoms with van der Waals surface area (Å²) < 4.78 is 42.1. The van der Waals surface area contributed by atoms with E-state index in [2.05, 4.69) is 45.4 Å². The zero-order valence-corrected chi connectivity index (χ0v) is 27.6. The Morgan fingerprint density at radius 3 is 2.07 bits per heavy atom. The van der Waals surface area contributed by atoms with Gasteiger partial charge in [-0.05, 0) is 47.7 Å². The topological polar surface area (TPSA) is 150 Å². The predicted octanol–water partition coefficient (Wildman–Crippen LogP) is 2.29. The molecule has 0 saturated carbocycles. The van der Waals surface area contributed by atoms with Crippen molar-refractivity contribution in [3.63, 3.8) is 0 Å². The maximum atomic E-state index is 13.3. The van der Waals surface area contributed by atoms with Crippen LogP contribution < -0.4 is 39.0 Å². The van der Waals surface area contributed by atoms with Crippen LogP contribution in [-0.4, -0.2) is 53.3 Å². The van der Waals surface area contributed by atoms with Crippen LogP contribution in [0.15, 0.2) is 77.0 Å². The molecule has 0 aliphatic heterocycles. The summed E-state index contributed by atoms with van der Waals surface area (Å²) in [5, 5.41) is 0. The molecule has 0 bridgehead atoms. The first-order chi connectivity index (χ1) is 18.6. The SMILES string of the molecule is CSc1cnc(OCCOc2ncnc([N-]S(=O)(=O)c3ccc(C(C)(C)C)cc3)c2-c2ccc(C)cc2)nc1.O.[Na+]. The van der Waals surface area contributed by atoms with Crippen molar-refractivity contribution in [1.82, 2.24) is 19.9 Å². The van der Waals surface area contributed by atoms with Crippen LogP contribution in [0.4, 0.5) is 5.82 Å². The van der Waals surface area contributed by atoms with Crippen LogP contribution in [0, 0.1) is 6.92 Å². The second-order valence-electron chi connectivity index (χ2n) is 9.69. The molecule has 10 nitrogen and oxygen atoms in total. The summed E-state index contributed by atoms with van der Waals surface area (Å²) in [6.45, 7) is 8.43. The largest absolute Gasteiger partial charge is 1.00 e. The van der Waals surface area contributed by atoms with E-state index in [0.717, 1.165) is 16.0 Å². The van der Waals surface area contributed by atoms with Crippen LogP contribution >= 0.6 is 11.8 Å². The number of nitrogens with zero attached hydrogens (tertiary/aromatic N) is 5. The Balaban J connectivity index is 0.00000294. The minimum absolute atomic E-state index is 0.